The van der Waals surface area contributed by atoms with Crippen molar-refractivity contribution in [2.45, 2.75) is 96.1 Å². The highest BCUT2D eigenvalue weighted by molar-refractivity contribution is 4.99. The van der Waals surface area contributed by atoms with Gasteiger partial charge in [-0.1, -0.05) is 39.5 Å². The zero-order valence-electron chi connectivity index (χ0n) is 13.9. The summed E-state index contributed by atoms with van der Waals surface area (Å²) in [5, 5.41) is 0. The molecular weight excluding hydrogens is 244 g/mol. The second-order valence-electron chi connectivity index (χ2n) is 7.29. The molecule has 2 heteroatoms. The summed E-state index contributed by atoms with van der Waals surface area (Å²) in [4.78, 5) is 2.86. The van der Waals surface area contributed by atoms with Gasteiger partial charge in [-0.3, -0.25) is 4.90 Å². The number of piperidine rings is 1. The van der Waals surface area contributed by atoms with Crippen molar-refractivity contribution < 1.29 is 0 Å². The van der Waals surface area contributed by atoms with E-state index in [2.05, 4.69) is 18.7 Å². The van der Waals surface area contributed by atoms with E-state index in [1.807, 2.05) is 0 Å². The van der Waals surface area contributed by atoms with E-state index in [0.29, 0.717) is 5.54 Å². The molecule has 1 saturated carbocycles. The van der Waals surface area contributed by atoms with Crippen molar-refractivity contribution in [1.82, 2.24) is 4.90 Å². The maximum absolute atomic E-state index is 6.31. The Hall–Kier alpha value is -0.0800. The minimum absolute atomic E-state index is 0.352. The fourth-order valence-electron chi connectivity index (χ4n) is 4.78. The highest BCUT2D eigenvalue weighted by atomic mass is 15.2. The van der Waals surface area contributed by atoms with Crippen molar-refractivity contribution in [2.24, 2.45) is 11.7 Å². The molecule has 1 atom stereocenters. The Morgan fingerprint density at radius 2 is 1.70 bits per heavy atom. The van der Waals surface area contributed by atoms with E-state index in [-0.39, 0.29) is 0 Å². The molecule has 1 unspecified atom stereocenters. The molecule has 0 radical (unpaired) electrons. The zero-order chi connectivity index (χ0) is 14.4. The van der Waals surface area contributed by atoms with Crippen LogP contribution >= 0.6 is 0 Å². The second kappa shape index (κ2) is 7.79. The van der Waals surface area contributed by atoms with E-state index < -0.39 is 0 Å². The first-order valence-corrected chi connectivity index (χ1v) is 9.22. The lowest BCUT2D eigenvalue weighted by Gasteiger charge is -2.52. The molecule has 1 saturated heterocycles. The van der Waals surface area contributed by atoms with E-state index in [0.717, 1.165) is 18.5 Å². The van der Waals surface area contributed by atoms with Crippen LogP contribution in [-0.4, -0.2) is 29.6 Å². The first-order chi connectivity index (χ1) is 9.75. The van der Waals surface area contributed by atoms with Crippen LogP contribution < -0.4 is 5.73 Å². The van der Waals surface area contributed by atoms with Gasteiger partial charge in [0.2, 0.25) is 0 Å². The van der Waals surface area contributed by atoms with E-state index in [9.17, 15) is 0 Å². The molecule has 20 heavy (non-hydrogen) atoms. The van der Waals surface area contributed by atoms with Crippen LogP contribution in [0, 0.1) is 5.92 Å². The van der Waals surface area contributed by atoms with Gasteiger partial charge in [0.15, 0.2) is 0 Å². The van der Waals surface area contributed by atoms with Crippen molar-refractivity contribution in [1.29, 1.82) is 0 Å². The number of hydrogen-bond donors (Lipinski definition) is 1. The molecule has 118 valence electrons. The number of likely N-dealkylation sites (tertiary alicyclic amines) is 1. The third-order valence-electron chi connectivity index (χ3n) is 5.97. The standard InChI is InChI=1S/C18H36N2/c1-3-7-16-10-12-18(15-19,13-11-16)20-14-6-5-9-17(20)8-4-2/h16-17H,3-15,19H2,1-2H3. The number of nitrogens with two attached hydrogens (primary N) is 1. The summed E-state index contributed by atoms with van der Waals surface area (Å²) in [6, 6.07) is 0.819. The fraction of sp³-hybridized carbons (Fsp3) is 1.00. The second-order valence-corrected chi connectivity index (χ2v) is 7.29. The Balaban J connectivity index is 2.02. The van der Waals surface area contributed by atoms with Gasteiger partial charge in [0.25, 0.3) is 0 Å². The van der Waals surface area contributed by atoms with Crippen LogP contribution in [-0.2, 0) is 0 Å². The molecule has 0 spiro atoms. The average Bonchev–Trinajstić information content (AvgIpc) is 2.50. The molecule has 0 aromatic rings. The zero-order valence-corrected chi connectivity index (χ0v) is 13.9. The van der Waals surface area contributed by atoms with Gasteiger partial charge in [-0.15, -0.1) is 0 Å². The molecule has 2 aliphatic rings. The number of nitrogens with zero attached hydrogens (tertiary/aromatic N) is 1. The summed E-state index contributed by atoms with van der Waals surface area (Å²) in [5.41, 5.74) is 6.66. The molecule has 1 aliphatic carbocycles. The summed E-state index contributed by atoms with van der Waals surface area (Å²) < 4.78 is 0. The van der Waals surface area contributed by atoms with Crippen LogP contribution in [0.5, 0.6) is 0 Å². The lowest BCUT2D eigenvalue weighted by Crippen LogP contribution is -2.60. The molecule has 2 rings (SSSR count). The lowest BCUT2D eigenvalue weighted by atomic mass is 9.72. The van der Waals surface area contributed by atoms with Crippen molar-refractivity contribution in [2.75, 3.05) is 13.1 Å². The Bertz CT molecular complexity index is 267. The predicted octanol–water partition coefficient (Wildman–Crippen LogP) is 4.33. The molecule has 2 nitrogen and oxygen atoms in total. The molecule has 0 amide bonds. The molecular formula is C18H36N2. The van der Waals surface area contributed by atoms with Crippen LogP contribution in [0.3, 0.4) is 0 Å². The Morgan fingerprint density at radius 1 is 1.00 bits per heavy atom. The van der Waals surface area contributed by atoms with Crippen molar-refractivity contribution in [3.63, 3.8) is 0 Å². The maximum Gasteiger partial charge on any atom is 0.0334 e. The van der Waals surface area contributed by atoms with Crippen LogP contribution in [0.1, 0.15) is 84.5 Å². The van der Waals surface area contributed by atoms with Crippen LogP contribution in [0.15, 0.2) is 0 Å². The largest absolute Gasteiger partial charge is 0.329 e. The number of rotatable bonds is 6. The topological polar surface area (TPSA) is 29.3 Å². The normalized spacial score (nSPS) is 36.1. The molecule has 1 aliphatic heterocycles. The highest BCUT2D eigenvalue weighted by Gasteiger charge is 2.42. The van der Waals surface area contributed by atoms with Crippen molar-refractivity contribution in [3.05, 3.63) is 0 Å². The highest BCUT2D eigenvalue weighted by Crippen LogP contribution is 2.41. The molecule has 2 N–H and O–H groups in total. The SMILES string of the molecule is CCCC1CCC(CN)(N2CCCCC2CCC)CC1. The minimum Gasteiger partial charge on any atom is -0.329 e. The Morgan fingerprint density at radius 3 is 2.30 bits per heavy atom. The molecule has 0 bridgehead atoms. The monoisotopic (exact) mass is 280 g/mol. The van der Waals surface area contributed by atoms with Gasteiger partial charge >= 0.3 is 0 Å². The van der Waals surface area contributed by atoms with Crippen LogP contribution in [0.25, 0.3) is 0 Å². The van der Waals surface area contributed by atoms with Crippen molar-refractivity contribution >= 4 is 0 Å². The first kappa shape index (κ1) is 16.3. The third kappa shape index (κ3) is 3.57. The molecule has 0 aromatic heterocycles. The predicted molar refractivity (Wildman–Crippen MR) is 87.9 cm³/mol. The van der Waals surface area contributed by atoms with E-state index in [1.165, 1.54) is 77.2 Å². The smallest absolute Gasteiger partial charge is 0.0334 e. The first-order valence-electron chi connectivity index (χ1n) is 9.22. The minimum atomic E-state index is 0.352. The summed E-state index contributed by atoms with van der Waals surface area (Å²) in [7, 11) is 0. The molecule has 1 heterocycles. The van der Waals surface area contributed by atoms with E-state index >= 15 is 0 Å². The average molecular weight is 280 g/mol. The quantitative estimate of drug-likeness (QED) is 0.784. The maximum atomic E-state index is 6.31. The van der Waals surface area contributed by atoms with Gasteiger partial charge in [-0.05, 0) is 57.4 Å². The van der Waals surface area contributed by atoms with Gasteiger partial charge in [-0.25, -0.2) is 0 Å². The summed E-state index contributed by atoms with van der Waals surface area (Å²) in [6.07, 6.45) is 15.3. The van der Waals surface area contributed by atoms with Gasteiger partial charge in [0.1, 0.15) is 0 Å². The molecule has 0 aromatic carbocycles. The summed E-state index contributed by atoms with van der Waals surface area (Å²) >= 11 is 0. The van der Waals surface area contributed by atoms with Gasteiger partial charge < -0.3 is 5.73 Å². The van der Waals surface area contributed by atoms with Gasteiger partial charge in [0.05, 0.1) is 0 Å². The Kier molecular flexibility index (Phi) is 6.35. The van der Waals surface area contributed by atoms with E-state index in [1.54, 1.807) is 0 Å². The van der Waals surface area contributed by atoms with Crippen molar-refractivity contribution in [3.8, 4) is 0 Å². The number of hydrogen-bond acceptors (Lipinski definition) is 2. The summed E-state index contributed by atoms with van der Waals surface area (Å²) in [6.45, 7) is 6.85. The third-order valence-corrected chi connectivity index (χ3v) is 5.97. The van der Waals surface area contributed by atoms with Gasteiger partial charge in [0, 0.05) is 18.1 Å². The van der Waals surface area contributed by atoms with Crippen LogP contribution in [0.2, 0.25) is 0 Å². The molecule has 2 fully saturated rings. The van der Waals surface area contributed by atoms with Crippen LogP contribution in [0.4, 0.5) is 0 Å². The fourth-order valence-corrected chi connectivity index (χ4v) is 4.78. The van der Waals surface area contributed by atoms with E-state index in [4.69, 9.17) is 5.73 Å². The summed E-state index contributed by atoms with van der Waals surface area (Å²) in [5.74, 6) is 0.981. The lowest BCUT2D eigenvalue weighted by molar-refractivity contribution is -0.0156. The Labute approximate surface area is 126 Å². The van der Waals surface area contributed by atoms with Gasteiger partial charge in [-0.2, -0.15) is 0 Å².